The molecule has 0 fully saturated rings. The summed E-state index contributed by atoms with van der Waals surface area (Å²) < 4.78 is 96.2. The maximum Gasteiger partial charge on any atom is 0.303 e. The van der Waals surface area contributed by atoms with Crippen molar-refractivity contribution in [1.82, 2.24) is 10.6 Å². The number of hydrogen-bond acceptors (Lipinski definition) is 10. The maximum atomic E-state index is 13.0. The molecule has 0 aliphatic carbocycles. The van der Waals surface area contributed by atoms with Crippen molar-refractivity contribution in [3.05, 3.63) is 47.5 Å². The van der Waals surface area contributed by atoms with Gasteiger partial charge in [-0.1, -0.05) is 25.7 Å². The molecule has 2 aliphatic heterocycles. The van der Waals surface area contributed by atoms with E-state index >= 15 is 0 Å². The number of carboxylic acids is 1. The van der Waals surface area contributed by atoms with E-state index in [2.05, 4.69) is 15.2 Å². The molecule has 0 bridgehead atoms. The minimum absolute atomic E-state index is 0.0416. The van der Waals surface area contributed by atoms with Gasteiger partial charge >= 0.3 is 5.97 Å². The molecule has 4 N–H and O–H groups in total. The first-order valence-corrected chi connectivity index (χ1v) is 27.5. The molecule has 2 aromatic rings. The standard InChI is InChI=1S/C46H68N4O12S3/c1-33-45(3,4)38-30-37(65(60,61)62)22-24-40(38)49(33)26-15-9-12-19-43(52)48-32-35(17-10-7-13-20-44(53)54)31-47-42(51)18-11-8-14-25-46(5)34(2)50(27-16-28-64(57,58)59)41-23-21-36(29-39(41)46)63(6,55)56/h21-24,29-30,35H,7-20,25-28,31-32H2,1-6H3,(H3-2,47,48,51,52,53,54,57,58,59,60,61,62)/p+1. The highest BCUT2D eigenvalue weighted by Gasteiger charge is 2.46. The smallest absolute Gasteiger partial charge is 0.303 e. The van der Waals surface area contributed by atoms with Gasteiger partial charge in [0, 0.05) is 88.6 Å². The summed E-state index contributed by atoms with van der Waals surface area (Å²) in [6.07, 6.45) is 9.82. The summed E-state index contributed by atoms with van der Waals surface area (Å²) in [6, 6.07) is 9.51. The van der Waals surface area contributed by atoms with E-state index in [1.807, 2.05) is 39.2 Å². The third-order valence-electron chi connectivity index (χ3n) is 13.3. The average Bonchev–Trinajstić information content (AvgIpc) is 3.53. The molecule has 0 radical (unpaired) electrons. The Bertz CT molecular complexity index is 2480. The van der Waals surface area contributed by atoms with E-state index in [0.29, 0.717) is 71.1 Å². The SMILES string of the molecule is CC1=[N+](CCCCCC(=O)NCC(CCCCCC(=O)O)CNC(=O)CCCCCC2(C)C(C)=[N+](CCCS(=O)(=O)O)c3ccc(S(C)(=O)=O)cc32)c2ccc(S(=O)(=O)[O-])cc2C1(C)C. The molecule has 2 aromatic carbocycles. The number of rotatable bonds is 28. The van der Waals surface area contributed by atoms with Crippen molar-refractivity contribution in [2.24, 2.45) is 5.92 Å². The second kappa shape index (κ2) is 22.6. The Morgan fingerprint density at radius 1 is 0.677 bits per heavy atom. The zero-order chi connectivity index (χ0) is 48.4. The summed E-state index contributed by atoms with van der Waals surface area (Å²) >= 11 is 0. The summed E-state index contributed by atoms with van der Waals surface area (Å²) in [7, 11) is -12.2. The maximum absolute atomic E-state index is 13.0. The Morgan fingerprint density at radius 2 is 1.18 bits per heavy atom. The van der Waals surface area contributed by atoms with E-state index < -0.39 is 46.9 Å². The van der Waals surface area contributed by atoms with E-state index in [1.165, 1.54) is 12.1 Å². The monoisotopic (exact) mass is 965 g/mol. The first-order valence-electron chi connectivity index (χ1n) is 22.6. The summed E-state index contributed by atoms with van der Waals surface area (Å²) in [5, 5.41) is 15.1. The third-order valence-corrected chi connectivity index (χ3v) is 16.1. The number of carbonyl (C=O) groups is 3. The lowest BCUT2D eigenvalue weighted by atomic mass is 9.76. The van der Waals surface area contributed by atoms with Gasteiger partial charge in [-0.3, -0.25) is 18.9 Å². The number of unbranched alkanes of at least 4 members (excludes halogenated alkanes) is 6. The molecule has 2 atom stereocenters. The van der Waals surface area contributed by atoms with Crippen LogP contribution < -0.4 is 10.6 Å². The largest absolute Gasteiger partial charge is 0.744 e. The fourth-order valence-corrected chi connectivity index (χ4v) is 10.7. The number of carboxylic acid groups (broad SMARTS) is 1. The Balaban J connectivity index is 1.24. The second-order valence-electron chi connectivity index (χ2n) is 18.5. The number of amides is 2. The van der Waals surface area contributed by atoms with Crippen molar-refractivity contribution < 1.29 is 63.0 Å². The number of carbonyl (C=O) groups excluding carboxylic acids is 2. The van der Waals surface area contributed by atoms with E-state index in [-0.39, 0.29) is 46.1 Å². The van der Waals surface area contributed by atoms with Gasteiger partial charge in [0.2, 0.25) is 23.2 Å². The molecule has 2 unspecified atom stereocenters. The lowest BCUT2D eigenvalue weighted by Gasteiger charge is -2.22. The number of nitrogens with zero attached hydrogens (tertiary/aromatic N) is 2. The van der Waals surface area contributed by atoms with Crippen LogP contribution in [0.5, 0.6) is 0 Å². The van der Waals surface area contributed by atoms with Crippen molar-refractivity contribution in [3.8, 4) is 0 Å². The quantitative estimate of drug-likeness (QED) is 0.0427. The predicted molar refractivity (Wildman–Crippen MR) is 248 cm³/mol. The number of fused-ring (bicyclic) bond motifs is 2. The van der Waals surface area contributed by atoms with Gasteiger partial charge in [-0.25, -0.2) is 16.8 Å². The highest BCUT2D eigenvalue weighted by molar-refractivity contribution is 7.90. The van der Waals surface area contributed by atoms with Crippen molar-refractivity contribution in [1.29, 1.82) is 0 Å². The predicted octanol–water partition coefficient (Wildman–Crippen LogP) is 6.14. The van der Waals surface area contributed by atoms with Gasteiger partial charge in [0.15, 0.2) is 21.3 Å². The van der Waals surface area contributed by atoms with Crippen LogP contribution in [0.4, 0.5) is 11.4 Å². The van der Waals surface area contributed by atoms with Crippen LogP contribution in [0.1, 0.15) is 142 Å². The fourth-order valence-electron chi connectivity index (χ4n) is 9.04. The molecule has 16 nitrogen and oxygen atoms in total. The highest BCUT2D eigenvalue weighted by atomic mass is 32.2. The minimum atomic E-state index is -4.58. The van der Waals surface area contributed by atoms with Crippen LogP contribution in [-0.4, -0.2) is 116 Å². The second-order valence-corrected chi connectivity index (χ2v) is 23.5. The van der Waals surface area contributed by atoms with Crippen molar-refractivity contribution in [3.63, 3.8) is 0 Å². The van der Waals surface area contributed by atoms with E-state index in [1.54, 1.807) is 24.3 Å². The lowest BCUT2D eigenvalue weighted by molar-refractivity contribution is -0.439. The van der Waals surface area contributed by atoms with Gasteiger partial charge in [-0.2, -0.15) is 17.6 Å². The van der Waals surface area contributed by atoms with Crippen LogP contribution in [0.15, 0.2) is 46.2 Å². The summed E-state index contributed by atoms with van der Waals surface area (Å²) in [6.45, 7) is 11.8. The normalized spacial score (nSPS) is 17.5. The van der Waals surface area contributed by atoms with E-state index in [0.717, 1.165) is 78.7 Å². The van der Waals surface area contributed by atoms with Crippen LogP contribution in [0.2, 0.25) is 0 Å². The van der Waals surface area contributed by atoms with Gasteiger partial charge < -0.3 is 20.3 Å². The Kier molecular flexibility index (Phi) is 18.7. The van der Waals surface area contributed by atoms with Crippen LogP contribution in [0, 0.1) is 5.92 Å². The minimum Gasteiger partial charge on any atom is -0.744 e. The summed E-state index contributed by atoms with van der Waals surface area (Å²) in [4.78, 5) is 36.9. The third kappa shape index (κ3) is 15.0. The Labute approximate surface area is 385 Å². The zero-order valence-corrected chi connectivity index (χ0v) is 41.2. The van der Waals surface area contributed by atoms with E-state index in [9.17, 15) is 48.7 Å². The highest BCUT2D eigenvalue weighted by Crippen LogP contribution is 2.44. The van der Waals surface area contributed by atoms with Gasteiger partial charge in [0.1, 0.15) is 23.2 Å². The summed E-state index contributed by atoms with van der Waals surface area (Å²) in [5.74, 6) is -1.47. The number of nitrogens with one attached hydrogen (secondary N) is 2. The van der Waals surface area contributed by atoms with Gasteiger partial charge in [0.05, 0.1) is 26.4 Å². The fraction of sp³-hybridized carbons (Fsp3) is 0.630. The molecule has 2 heterocycles. The molecule has 0 saturated heterocycles. The molecule has 0 saturated carbocycles. The Hall–Kier alpha value is -4.04. The molecule has 2 amide bonds. The van der Waals surface area contributed by atoms with Crippen LogP contribution in [-0.2, 0) is 55.3 Å². The first kappa shape index (κ1) is 53.6. The average molecular weight is 966 g/mol. The molecule has 0 spiro atoms. The van der Waals surface area contributed by atoms with Crippen LogP contribution >= 0.6 is 0 Å². The number of sulfone groups is 1. The molecule has 0 aromatic heterocycles. The van der Waals surface area contributed by atoms with Crippen molar-refractivity contribution >= 4 is 70.7 Å². The van der Waals surface area contributed by atoms with Crippen molar-refractivity contribution in [2.45, 2.75) is 152 Å². The topological polar surface area (TPSA) is 247 Å². The molecule has 362 valence electrons. The molecular formula is C46H69N4O12S3+. The molecule has 19 heteroatoms. The first-order chi connectivity index (χ1) is 30.3. The number of hydrogen-bond donors (Lipinski definition) is 4. The van der Waals surface area contributed by atoms with Crippen molar-refractivity contribution in [2.75, 3.05) is 38.2 Å². The van der Waals surface area contributed by atoms with Crippen LogP contribution in [0.3, 0.4) is 0 Å². The van der Waals surface area contributed by atoms with E-state index in [4.69, 9.17) is 5.11 Å². The van der Waals surface area contributed by atoms with Gasteiger partial charge in [-0.15, -0.1) is 0 Å². The summed E-state index contributed by atoms with van der Waals surface area (Å²) in [5.41, 5.74) is 4.36. The zero-order valence-electron chi connectivity index (χ0n) is 38.8. The lowest BCUT2D eigenvalue weighted by Crippen LogP contribution is -2.36. The Morgan fingerprint density at radius 3 is 1.75 bits per heavy atom. The van der Waals surface area contributed by atoms with Gasteiger partial charge in [-0.05, 0) is 89.5 Å². The molecule has 2 aliphatic rings. The molecule has 65 heavy (non-hydrogen) atoms. The number of benzene rings is 2. The number of aliphatic carboxylic acids is 1. The molecular weight excluding hydrogens is 897 g/mol. The van der Waals surface area contributed by atoms with Crippen LogP contribution in [0.25, 0.3) is 0 Å². The van der Waals surface area contributed by atoms with Gasteiger partial charge in [0.25, 0.3) is 10.1 Å². The molecule has 4 rings (SSSR count).